The van der Waals surface area contributed by atoms with Gasteiger partial charge in [0, 0.05) is 31.9 Å². The molecule has 0 unspecified atom stereocenters. The van der Waals surface area contributed by atoms with Gasteiger partial charge in [-0.05, 0) is 62.6 Å². The number of fused-ring (bicyclic) bond motifs is 1. The Bertz CT molecular complexity index is 1010. The van der Waals surface area contributed by atoms with E-state index in [0.717, 1.165) is 25.6 Å². The zero-order chi connectivity index (χ0) is 22.6. The van der Waals surface area contributed by atoms with E-state index >= 15 is 0 Å². The Morgan fingerprint density at radius 2 is 1.90 bits per heavy atom. The molecular formula is C23H31N3O4S. The normalized spacial score (nSPS) is 16.5. The van der Waals surface area contributed by atoms with Crippen LogP contribution in [0.3, 0.4) is 0 Å². The van der Waals surface area contributed by atoms with Gasteiger partial charge >= 0.3 is 0 Å². The minimum Gasteiger partial charge on any atom is -0.481 e. The monoisotopic (exact) mass is 445 g/mol. The number of carbonyl (C=O) groups excluding carboxylic acids is 1. The Morgan fingerprint density at radius 1 is 1.23 bits per heavy atom. The number of benzene rings is 2. The van der Waals surface area contributed by atoms with Crippen LogP contribution >= 0.6 is 0 Å². The van der Waals surface area contributed by atoms with Gasteiger partial charge < -0.3 is 15.0 Å². The molecule has 168 valence electrons. The number of carbonyl (C=O) groups is 1. The summed E-state index contributed by atoms with van der Waals surface area (Å²) < 4.78 is 30.1. The molecule has 0 fully saturated rings. The van der Waals surface area contributed by atoms with Gasteiger partial charge in [-0.1, -0.05) is 18.2 Å². The van der Waals surface area contributed by atoms with Crippen molar-refractivity contribution < 1.29 is 17.9 Å². The maximum atomic E-state index is 12.4. The summed E-state index contributed by atoms with van der Waals surface area (Å²) >= 11 is 0. The zero-order valence-electron chi connectivity index (χ0n) is 18.5. The van der Waals surface area contributed by atoms with Gasteiger partial charge in [0.1, 0.15) is 5.75 Å². The molecule has 8 heteroatoms. The Labute approximate surface area is 185 Å². The second kappa shape index (κ2) is 9.60. The van der Waals surface area contributed by atoms with Crippen LogP contribution in [-0.4, -0.2) is 52.9 Å². The predicted molar refractivity (Wildman–Crippen MR) is 124 cm³/mol. The Morgan fingerprint density at radius 3 is 2.58 bits per heavy atom. The van der Waals surface area contributed by atoms with Crippen LogP contribution in [0.4, 0.5) is 11.4 Å². The molecule has 0 radical (unpaired) electrons. The highest BCUT2D eigenvalue weighted by atomic mass is 32.2. The first-order valence-electron chi connectivity index (χ1n) is 10.5. The van der Waals surface area contributed by atoms with Gasteiger partial charge in [0.05, 0.1) is 11.9 Å². The quantitative estimate of drug-likeness (QED) is 0.601. The largest absolute Gasteiger partial charge is 0.481 e. The molecule has 0 bridgehead atoms. The smallest absolute Gasteiger partial charge is 0.260 e. The number of hydrogen-bond acceptors (Lipinski definition) is 5. The molecule has 1 heterocycles. The van der Waals surface area contributed by atoms with Gasteiger partial charge in [0.25, 0.3) is 5.91 Å². The van der Waals surface area contributed by atoms with Gasteiger partial charge in [-0.25, -0.2) is 8.42 Å². The molecule has 2 aromatic carbocycles. The molecule has 0 saturated heterocycles. The number of para-hydroxylation sites is 1. The maximum absolute atomic E-state index is 12.4. The van der Waals surface area contributed by atoms with Gasteiger partial charge in [-0.2, -0.15) is 0 Å². The third-order valence-electron chi connectivity index (χ3n) is 5.60. The lowest BCUT2D eigenvalue weighted by Crippen LogP contribution is -2.38. The average Bonchev–Trinajstić information content (AvgIpc) is 3.05. The number of sulfonamides is 1. The molecular weight excluding hydrogens is 414 g/mol. The van der Waals surface area contributed by atoms with Crippen LogP contribution in [0.15, 0.2) is 48.5 Å². The molecule has 2 atom stereocenters. The Balaban J connectivity index is 1.44. The van der Waals surface area contributed by atoms with Crippen LogP contribution in [0.1, 0.15) is 25.8 Å². The highest BCUT2D eigenvalue weighted by Crippen LogP contribution is 2.31. The van der Waals surface area contributed by atoms with E-state index in [1.807, 2.05) is 0 Å². The standard InChI is InChI=1S/C23H31N3O4S/c1-17-16-19-8-5-6-9-22(19)26(17)15-7-14-24-23(27)18(2)30-21-12-10-20(11-13-21)25(3)31(4,28)29/h5-6,8-13,17-18H,7,14-16H2,1-4H3,(H,24,27)/t17-,18-/m1/s1. The molecule has 31 heavy (non-hydrogen) atoms. The van der Waals surface area contributed by atoms with Crippen molar-refractivity contribution in [3.05, 3.63) is 54.1 Å². The molecule has 1 aliphatic heterocycles. The van der Waals surface area contributed by atoms with Crippen LogP contribution in [0.5, 0.6) is 5.75 Å². The second-order valence-electron chi connectivity index (χ2n) is 8.00. The fourth-order valence-electron chi connectivity index (χ4n) is 3.76. The molecule has 3 rings (SSSR count). The lowest BCUT2D eigenvalue weighted by molar-refractivity contribution is -0.127. The van der Waals surface area contributed by atoms with Crippen LogP contribution in [0.25, 0.3) is 0 Å². The molecule has 1 amide bonds. The average molecular weight is 446 g/mol. The number of amides is 1. The van der Waals surface area contributed by atoms with Crippen molar-refractivity contribution in [3.63, 3.8) is 0 Å². The number of anilines is 2. The number of rotatable bonds is 9. The van der Waals surface area contributed by atoms with E-state index in [2.05, 4.69) is 41.4 Å². The maximum Gasteiger partial charge on any atom is 0.260 e. The van der Waals surface area contributed by atoms with Crippen LogP contribution in [0, 0.1) is 0 Å². The van der Waals surface area contributed by atoms with Crippen molar-refractivity contribution in [2.24, 2.45) is 0 Å². The van der Waals surface area contributed by atoms with E-state index in [4.69, 9.17) is 4.74 Å². The highest BCUT2D eigenvalue weighted by molar-refractivity contribution is 7.92. The topological polar surface area (TPSA) is 79.0 Å². The third kappa shape index (κ3) is 5.70. The zero-order valence-corrected chi connectivity index (χ0v) is 19.4. The fourth-order valence-corrected chi connectivity index (χ4v) is 4.26. The molecule has 0 saturated carbocycles. The van der Waals surface area contributed by atoms with Gasteiger partial charge in [-0.3, -0.25) is 9.10 Å². The van der Waals surface area contributed by atoms with Crippen LogP contribution in [0.2, 0.25) is 0 Å². The molecule has 1 N–H and O–H groups in total. The van der Waals surface area contributed by atoms with Crippen molar-refractivity contribution in [1.29, 1.82) is 0 Å². The Hall–Kier alpha value is -2.74. The predicted octanol–water partition coefficient (Wildman–Crippen LogP) is 2.81. The van der Waals surface area contributed by atoms with E-state index in [-0.39, 0.29) is 5.91 Å². The third-order valence-corrected chi connectivity index (χ3v) is 6.81. The molecule has 2 aromatic rings. The van der Waals surface area contributed by atoms with Crippen LogP contribution < -0.4 is 19.3 Å². The Kier molecular flexibility index (Phi) is 7.10. The van der Waals surface area contributed by atoms with E-state index in [1.54, 1.807) is 31.2 Å². The highest BCUT2D eigenvalue weighted by Gasteiger charge is 2.24. The van der Waals surface area contributed by atoms with Crippen molar-refractivity contribution in [2.75, 3.05) is 35.6 Å². The second-order valence-corrected chi connectivity index (χ2v) is 10.0. The first kappa shape index (κ1) is 22.9. The number of hydrogen-bond donors (Lipinski definition) is 1. The minimum atomic E-state index is -3.32. The lowest BCUT2D eigenvalue weighted by atomic mass is 10.1. The van der Waals surface area contributed by atoms with Gasteiger partial charge in [-0.15, -0.1) is 0 Å². The first-order valence-corrected chi connectivity index (χ1v) is 12.3. The molecule has 1 aliphatic rings. The summed E-state index contributed by atoms with van der Waals surface area (Å²) in [5.41, 5.74) is 3.21. The summed E-state index contributed by atoms with van der Waals surface area (Å²) in [7, 11) is -1.83. The van der Waals surface area contributed by atoms with E-state index in [0.29, 0.717) is 24.0 Å². The lowest BCUT2D eigenvalue weighted by Gasteiger charge is -2.25. The summed E-state index contributed by atoms with van der Waals surface area (Å²) in [6.07, 6.45) is 2.41. The van der Waals surface area contributed by atoms with Gasteiger partial charge in [0.15, 0.2) is 6.10 Å². The molecule has 7 nitrogen and oxygen atoms in total. The minimum absolute atomic E-state index is 0.174. The van der Waals surface area contributed by atoms with Crippen molar-refractivity contribution in [2.45, 2.75) is 38.8 Å². The SMILES string of the molecule is C[C@@H]1Cc2ccccc2N1CCCNC(=O)[C@@H](C)Oc1ccc(N(C)S(C)(=O)=O)cc1. The fraction of sp³-hybridized carbons (Fsp3) is 0.435. The van der Waals surface area contributed by atoms with E-state index in [9.17, 15) is 13.2 Å². The first-order chi connectivity index (χ1) is 14.7. The molecule has 0 spiro atoms. The summed E-state index contributed by atoms with van der Waals surface area (Å²) in [6, 6.07) is 15.6. The number of nitrogens with zero attached hydrogens (tertiary/aromatic N) is 2. The van der Waals surface area contributed by atoms with Crippen molar-refractivity contribution in [1.82, 2.24) is 5.32 Å². The number of nitrogens with one attached hydrogen (secondary N) is 1. The van der Waals surface area contributed by atoms with Gasteiger partial charge in [0.2, 0.25) is 10.0 Å². The van der Waals surface area contributed by atoms with Crippen LogP contribution in [-0.2, 0) is 21.2 Å². The van der Waals surface area contributed by atoms with E-state index < -0.39 is 16.1 Å². The number of ether oxygens (including phenoxy) is 1. The summed E-state index contributed by atoms with van der Waals surface area (Å²) in [5, 5.41) is 2.94. The van der Waals surface area contributed by atoms with Crippen molar-refractivity contribution in [3.8, 4) is 5.75 Å². The summed E-state index contributed by atoms with van der Waals surface area (Å²) in [5.74, 6) is 0.336. The molecule has 0 aromatic heterocycles. The summed E-state index contributed by atoms with van der Waals surface area (Å²) in [6.45, 7) is 5.40. The van der Waals surface area contributed by atoms with Crippen molar-refractivity contribution >= 4 is 27.3 Å². The summed E-state index contributed by atoms with van der Waals surface area (Å²) in [4.78, 5) is 14.8. The molecule has 0 aliphatic carbocycles. The van der Waals surface area contributed by atoms with E-state index in [1.165, 1.54) is 22.6 Å².